The van der Waals surface area contributed by atoms with Crippen LogP contribution in [-0.2, 0) is 4.74 Å². The molecule has 0 aromatic heterocycles. The third-order valence-electron chi connectivity index (χ3n) is 1.29. The van der Waals surface area contributed by atoms with Gasteiger partial charge in [-0.3, -0.25) is 0 Å². The topological polar surface area (TPSA) is 33.0 Å². The maximum atomic E-state index is 8.13. The van der Waals surface area contributed by atoms with E-state index in [0.29, 0.717) is 0 Å². The van der Waals surface area contributed by atoms with Crippen molar-refractivity contribution in [1.29, 1.82) is 5.26 Å². The van der Waals surface area contributed by atoms with Gasteiger partial charge >= 0.3 is 0 Å². The summed E-state index contributed by atoms with van der Waals surface area (Å²) in [6, 6.07) is 1.94. The van der Waals surface area contributed by atoms with Crippen LogP contribution in [0.4, 0.5) is 0 Å². The molecule has 0 aliphatic carbocycles. The summed E-state index contributed by atoms with van der Waals surface area (Å²) in [7, 11) is 0. The molecule has 0 N–H and O–H groups in total. The summed E-state index contributed by atoms with van der Waals surface area (Å²) in [5, 5.41) is 8.13. The van der Waals surface area contributed by atoms with Crippen LogP contribution < -0.4 is 0 Å². The van der Waals surface area contributed by atoms with Crippen LogP contribution in [0.2, 0.25) is 0 Å². The highest BCUT2D eigenvalue weighted by molar-refractivity contribution is 4.68. The van der Waals surface area contributed by atoms with Gasteiger partial charge in [0.15, 0.2) is 0 Å². The van der Waals surface area contributed by atoms with Crippen molar-refractivity contribution < 1.29 is 4.74 Å². The third kappa shape index (κ3) is 3.99. The highest BCUT2D eigenvalue weighted by atomic mass is 16.5. The van der Waals surface area contributed by atoms with Crippen molar-refractivity contribution in [2.24, 2.45) is 0 Å². The molecule has 0 amide bonds. The van der Waals surface area contributed by atoms with Gasteiger partial charge in [-0.15, -0.1) is 0 Å². The molecule has 52 valence electrons. The predicted octanol–water partition coefficient (Wildman–Crippen LogP) is 1.72. The smallest absolute Gasteiger partial charge is 0.134 e. The normalized spacial score (nSPS) is 9.56. The standard InChI is InChI=1S/C7H13NO/c1-3-7(4-2)9-6-5-8/h7H,3-4,6H2,1-2H3. The summed E-state index contributed by atoms with van der Waals surface area (Å²) in [6.07, 6.45) is 2.28. The fraction of sp³-hybridized carbons (Fsp3) is 0.857. The average Bonchev–Trinajstić information content (AvgIpc) is 1.91. The summed E-state index contributed by atoms with van der Waals surface area (Å²) < 4.78 is 5.13. The van der Waals surface area contributed by atoms with E-state index in [1.807, 2.05) is 6.07 Å². The van der Waals surface area contributed by atoms with Gasteiger partial charge in [0.25, 0.3) is 0 Å². The first-order chi connectivity index (χ1) is 4.35. The van der Waals surface area contributed by atoms with Crippen molar-refractivity contribution in [2.45, 2.75) is 32.8 Å². The van der Waals surface area contributed by atoms with E-state index in [9.17, 15) is 0 Å². The van der Waals surface area contributed by atoms with Gasteiger partial charge in [-0.25, -0.2) is 0 Å². The molecule has 0 saturated heterocycles. The first kappa shape index (κ1) is 8.45. The van der Waals surface area contributed by atoms with E-state index in [0.717, 1.165) is 12.8 Å². The fourth-order valence-electron chi connectivity index (χ4n) is 0.679. The second-order valence-corrected chi connectivity index (χ2v) is 1.91. The number of hydrogen-bond acceptors (Lipinski definition) is 2. The largest absolute Gasteiger partial charge is 0.363 e. The summed E-state index contributed by atoms with van der Waals surface area (Å²) in [6.45, 7) is 4.35. The van der Waals surface area contributed by atoms with Crippen molar-refractivity contribution in [2.75, 3.05) is 6.61 Å². The molecule has 0 bridgehead atoms. The molecule has 0 atom stereocenters. The molecule has 0 unspecified atom stereocenters. The zero-order valence-corrected chi connectivity index (χ0v) is 6.05. The van der Waals surface area contributed by atoms with Gasteiger partial charge in [0.1, 0.15) is 6.61 Å². The van der Waals surface area contributed by atoms with Gasteiger partial charge in [-0.1, -0.05) is 13.8 Å². The lowest BCUT2D eigenvalue weighted by Gasteiger charge is -2.09. The van der Waals surface area contributed by atoms with Gasteiger partial charge in [0, 0.05) is 0 Å². The Labute approximate surface area is 56.4 Å². The third-order valence-corrected chi connectivity index (χ3v) is 1.29. The van der Waals surface area contributed by atoms with E-state index in [2.05, 4.69) is 13.8 Å². The molecule has 9 heavy (non-hydrogen) atoms. The Hall–Kier alpha value is -0.550. The molecule has 0 spiro atoms. The van der Waals surface area contributed by atoms with Crippen LogP contribution in [0.1, 0.15) is 26.7 Å². The lowest BCUT2D eigenvalue weighted by molar-refractivity contribution is 0.0716. The van der Waals surface area contributed by atoms with Crippen molar-refractivity contribution in [3.8, 4) is 6.07 Å². The van der Waals surface area contributed by atoms with E-state index >= 15 is 0 Å². The van der Waals surface area contributed by atoms with Crippen LogP contribution in [0.5, 0.6) is 0 Å². The Balaban J connectivity index is 3.22. The summed E-state index contributed by atoms with van der Waals surface area (Å²) in [5.74, 6) is 0. The maximum absolute atomic E-state index is 8.13. The Kier molecular flexibility index (Phi) is 5.24. The van der Waals surface area contributed by atoms with E-state index in [1.54, 1.807) is 0 Å². The zero-order valence-electron chi connectivity index (χ0n) is 6.05. The summed E-state index contributed by atoms with van der Waals surface area (Å²) >= 11 is 0. The molecule has 0 radical (unpaired) electrons. The van der Waals surface area contributed by atoms with Gasteiger partial charge in [0.05, 0.1) is 12.2 Å². The van der Waals surface area contributed by atoms with Crippen LogP contribution in [-0.4, -0.2) is 12.7 Å². The Morgan fingerprint density at radius 2 is 2.00 bits per heavy atom. The first-order valence-electron chi connectivity index (χ1n) is 3.33. The molecule has 0 aromatic rings. The highest BCUT2D eigenvalue weighted by Crippen LogP contribution is 2.00. The SMILES string of the molecule is CCC(CC)OCC#N. The fourth-order valence-corrected chi connectivity index (χ4v) is 0.679. The average molecular weight is 127 g/mol. The van der Waals surface area contributed by atoms with Crippen molar-refractivity contribution >= 4 is 0 Å². The summed E-state index contributed by atoms with van der Waals surface area (Å²) in [5.41, 5.74) is 0. The number of ether oxygens (including phenoxy) is 1. The predicted molar refractivity (Wildman–Crippen MR) is 35.9 cm³/mol. The Morgan fingerprint density at radius 3 is 2.33 bits per heavy atom. The molecule has 2 heteroatoms. The van der Waals surface area contributed by atoms with E-state index in [-0.39, 0.29) is 12.7 Å². The second kappa shape index (κ2) is 5.58. The number of rotatable bonds is 4. The number of hydrogen-bond donors (Lipinski definition) is 0. The summed E-state index contributed by atoms with van der Waals surface area (Å²) in [4.78, 5) is 0. The first-order valence-corrected chi connectivity index (χ1v) is 3.33. The molecule has 0 rings (SSSR count). The van der Waals surface area contributed by atoms with E-state index in [1.165, 1.54) is 0 Å². The highest BCUT2D eigenvalue weighted by Gasteiger charge is 2.00. The molecular formula is C7H13NO. The van der Waals surface area contributed by atoms with Crippen molar-refractivity contribution in [3.05, 3.63) is 0 Å². The van der Waals surface area contributed by atoms with Gasteiger partial charge in [-0.2, -0.15) is 5.26 Å². The van der Waals surface area contributed by atoms with E-state index < -0.39 is 0 Å². The monoisotopic (exact) mass is 127 g/mol. The molecule has 0 aromatic carbocycles. The lowest BCUT2D eigenvalue weighted by atomic mass is 10.2. The Morgan fingerprint density at radius 1 is 1.44 bits per heavy atom. The van der Waals surface area contributed by atoms with Crippen molar-refractivity contribution in [1.82, 2.24) is 0 Å². The van der Waals surface area contributed by atoms with Crippen LogP contribution in [0.3, 0.4) is 0 Å². The minimum absolute atomic E-state index is 0.229. The minimum atomic E-state index is 0.229. The molecule has 0 heterocycles. The molecular weight excluding hydrogens is 114 g/mol. The van der Waals surface area contributed by atoms with Gasteiger partial charge in [0.2, 0.25) is 0 Å². The number of nitrogens with zero attached hydrogens (tertiary/aromatic N) is 1. The van der Waals surface area contributed by atoms with Crippen LogP contribution in [0, 0.1) is 11.3 Å². The van der Waals surface area contributed by atoms with Crippen LogP contribution in [0.15, 0.2) is 0 Å². The van der Waals surface area contributed by atoms with Crippen LogP contribution in [0.25, 0.3) is 0 Å². The molecule has 2 nitrogen and oxygen atoms in total. The molecule has 0 fully saturated rings. The molecule has 0 saturated carbocycles. The van der Waals surface area contributed by atoms with Gasteiger partial charge in [-0.05, 0) is 12.8 Å². The molecule has 0 aliphatic heterocycles. The second-order valence-electron chi connectivity index (χ2n) is 1.91. The van der Waals surface area contributed by atoms with Gasteiger partial charge < -0.3 is 4.74 Å². The van der Waals surface area contributed by atoms with Crippen LogP contribution >= 0.6 is 0 Å². The number of nitriles is 1. The van der Waals surface area contributed by atoms with E-state index in [4.69, 9.17) is 10.00 Å². The quantitative estimate of drug-likeness (QED) is 0.576. The molecule has 0 aliphatic rings. The lowest BCUT2D eigenvalue weighted by Crippen LogP contribution is -2.09. The zero-order chi connectivity index (χ0) is 7.11. The van der Waals surface area contributed by atoms with Crippen molar-refractivity contribution in [3.63, 3.8) is 0 Å². The Bertz CT molecular complexity index is 91.6. The minimum Gasteiger partial charge on any atom is -0.363 e. The maximum Gasteiger partial charge on any atom is 0.134 e.